The van der Waals surface area contributed by atoms with E-state index in [0.717, 1.165) is 30.2 Å². The fourth-order valence-corrected chi connectivity index (χ4v) is 3.83. The Balaban J connectivity index is 2.36. The highest BCUT2D eigenvalue weighted by atomic mass is 79.9. The molecular formula is C15H12Br3NO. The van der Waals surface area contributed by atoms with Gasteiger partial charge in [0.25, 0.3) is 5.91 Å². The van der Waals surface area contributed by atoms with Gasteiger partial charge in [0.15, 0.2) is 0 Å². The monoisotopic (exact) mass is 459 g/mol. The van der Waals surface area contributed by atoms with Crippen LogP contribution in [0.2, 0.25) is 0 Å². The molecule has 0 bridgehead atoms. The molecule has 0 unspecified atom stereocenters. The van der Waals surface area contributed by atoms with E-state index in [-0.39, 0.29) is 5.91 Å². The largest absolute Gasteiger partial charge is 0.320 e. The van der Waals surface area contributed by atoms with Crippen molar-refractivity contribution in [2.45, 2.75) is 13.8 Å². The number of nitrogens with one attached hydrogen (secondary N) is 1. The third-order valence-electron chi connectivity index (χ3n) is 2.94. The van der Waals surface area contributed by atoms with Crippen LogP contribution in [0.4, 0.5) is 5.69 Å². The molecule has 20 heavy (non-hydrogen) atoms. The van der Waals surface area contributed by atoms with Crippen LogP contribution >= 0.6 is 47.8 Å². The van der Waals surface area contributed by atoms with Crippen LogP contribution < -0.4 is 5.32 Å². The first-order valence-corrected chi connectivity index (χ1v) is 8.30. The van der Waals surface area contributed by atoms with Gasteiger partial charge in [0.05, 0.1) is 5.69 Å². The number of carbonyl (C=O) groups excluding carboxylic acids is 1. The van der Waals surface area contributed by atoms with Crippen molar-refractivity contribution in [3.05, 3.63) is 60.4 Å². The Morgan fingerprint density at radius 3 is 2.20 bits per heavy atom. The lowest BCUT2D eigenvalue weighted by molar-refractivity contribution is 0.102. The molecule has 0 aliphatic heterocycles. The molecule has 0 radical (unpaired) electrons. The molecule has 0 fully saturated rings. The third-order valence-corrected chi connectivity index (χ3v) is 5.05. The van der Waals surface area contributed by atoms with Gasteiger partial charge in [-0.15, -0.1) is 0 Å². The van der Waals surface area contributed by atoms with Crippen molar-refractivity contribution in [2.75, 3.05) is 5.32 Å². The molecule has 1 N–H and O–H groups in total. The van der Waals surface area contributed by atoms with Crippen molar-refractivity contribution in [1.82, 2.24) is 0 Å². The number of carbonyl (C=O) groups is 1. The fraction of sp³-hybridized carbons (Fsp3) is 0.133. The molecule has 0 aliphatic carbocycles. The number of benzene rings is 2. The molecule has 1 amide bonds. The Kier molecular flexibility index (Phi) is 5.04. The maximum Gasteiger partial charge on any atom is 0.256 e. The molecule has 0 heterocycles. The number of aryl methyl sites for hydroxylation is 1. The van der Waals surface area contributed by atoms with Gasteiger partial charge in [-0.2, -0.15) is 0 Å². The number of hydrogen-bond acceptors (Lipinski definition) is 1. The van der Waals surface area contributed by atoms with E-state index in [0.29, 0.717) is 5.56 Å². The minimum absolute atomic E-state index is 0.131. The predicted molar refractivity (Wildman–Crippen MR) is 93.4 cm³/mol. The molecule has 0 aromatic heterocycles. The summed E-state index contributed by atoms with van der Waals surface area (Å²) >= 11 is 10.4. The molecule has 0 atom stereocenters. The van der Waals surface area contributed by atoms with Crippen molar-refractivity contribution in [3.63, 3.8) is 0 Å². The lowest BCUT2D eigenvalue weighted by Gasteiger charge is -2.12. The van der Waals surface area contributed by atoms with E-state index < -0.39 is 0 Å². The van der Waals surface area contributed by atoms with E-state index in [1.165, 1.54) is 0 Å². The first-order valence-electron chi connectivity index (χ1n) is 5.92. The summed E-state index contributed by atoms with van der Waals surface area (Å²) in [4.78, 5) is 12.4. The zero-order valence-corrected chi connectivity index (χ0v) is 15.7. The van der Waals surface area contributed by atoms with E-state index in [2.05, 4.69) is 53.1 Å². The fourth-order valence-electron chi connectivity index (χ4n) is 1.85. The first-order chi connectivity index (χ1) is 9.40. The summed E-state index contributed by atoms with van der Waals surface area (Å²) in [6, 6.07) is 9.52. The van der Waals surface area contributed by atoms with Crippen molar-refractivity contribution < 1.29 is 4.79 Å². The minimum Gasteiger partial charge on any atom is -0.320 e. The Hall–Kier alpha value is -0.650. The quantitative estimate of drug-likeness (QED) is 0.597. The molecule has 5 heteroatoms. The highest BCUT2D eigenvalue weighted by Gasteiger charge is 2.14. The molecule has 0 aliphatic rings. The summed E-state index contributed by atoms with van der Waals surface area (Å²) in [5.41, 5.74) is 3.42. The second kappa shape index (κ2) is 6.41. The van der Waals surface area contributed by atoms with Gasteiger partial charge in [-0.25, -0.2) is 0 Å². The smallest absolute Gasteiger partial charge is 0.256 e. The molecule has 2 rings (SSSR count). The van der Waals surface area contributed by atoms with E-state index in [4.69, 9.17) is 0 Å². The molecule has 2 aromatic rings. The zero-order chi connectivity index (χ0) is 14.9. The summed E-state index contributed by atoms with van der Waals surface area (Å²) in [7, 11) is 0. The second-order valence-electron chi connectivity index (χ2n) is 4.47. The summed E-state index contributed by atoms with van der Waals surface area (Å²) in [6.45, 7) is 3.91. The molecule has 104 valence electrons. The maximum absolute atomic E-state index is 12.4. The SMILES string of the molecule is Cc1cc(Br)c(NC(=O)c2cccc(Br)c2C)c(Br)c1. The number of anilines is 1. The average molecular weight is 462 g/mol. The van der Waals surface area contributed by atoms with Crippen LogP contribution in [0, 0.1) is 13.8 Å². The Morgan fingerprint density at radius 1 is 1.00 bits per heavy atom. The summed E-state index contributed by atoms with van der Waals surface area (Å²) in [5.74, 6) is -0.131. The summed E-state index contributed by atoms with van der Waals surface area (Å²) < 4.78 is 2.63. The van der Waals surface area contributed by atoms with Crippen molar-refractivity contribution in [2.24, 2.45) is 0 Å². The molecule has 2 aromatic carbocycles. The Labute approximate surface area is 143 Å². The lowest BCUT2D eigenvalue weighted by atomic mass is 10.1. The maximum atomic E-state index is 12.4. The van der Waals surface area contributed by atoms with E-state index in [1.807, 2.05) is 44.2 Å². The van der Waals surface area contributed by atoms with Gasteiger partial charge in [0, 0.05) is 19.0 Å². The molecular weight excluding hydrogens is 450 g/mol. The molecule has 2 nitrogen and oxygen atoms in total. The van der Waals surface area contributed by atoms with Gasteiger partial charge in [-0.3, -0.25) is 4.79 Å². The first kappa shape index (κ1) is 15.7. The summed E-state index contributed by atoms with van der Waals surface area (Å²) in [6.07, 6.45) is 0. The van der Waals surface area contributed by atoms with Crippen LogP contribution in [-0.4, -0.2) is 5.91 Å². The summed E-state index contributed by atoms with van der Waals surface area (Å²) in [5, 5.41) is 2.94. The number of rotatable bonds is 2. The van der Waals surface area contributed by atoms with Crippen LogP contribution in [0.1, 0.15) is 21.5 Å². The van der Waals surface area contributed by atoms with Crippen LogP contribution in [0.15, 0.2) is 43.7 Å². The van der Waals surface area contributed by atoms with Crippen molar-refractivity contribution in [3.8, 4) is 0 Å². The normalized spacial score (nSPS) is 10.4. The molecule has 0 spiro atoms. The van der Waals surface area contributed by atoms with Gasteiger partial charge >= 0.3 is 0 Å². The molecule has 0 saturated heterocycles. The van der Waals surface area contributed by atoms with Gasteiger partial charge in [0.1, 0.15) is 0 Å². The van der Waals surface area contributed by atoms with Crippen molar-refractivity contribution in [1.29, 1.82) is 0 Å². The van der Waals surface area contributed by atoms with Gasteiger partial charge in [-0.05, 0) is 81.1 Å². The van der Waals surface area contributed by atoms with E-state index in [1.54, 1.807) is 0 Å². The highest BCUT2D eigenvalue weighted by Crippen LogP contribution is 2.33. The average Bonchev–Trinajstić information content (AvgIpc) is 2.36. The van der Waals surface area contributed by atoms with Gasteiger partial charge in [0.2, 0.25) is 0 Å². The third kappa shape index (κ3) is 3.32. The van der Waals surface area contributed by atoms with E-state index >= 15 is 0 Å². The van der Waals surface area contributed by atoms with Crippen LogP contribution in [0.25, 0.3) is 0 Å². The highest BCUT2D eigenvalue weighted by molar-refractivity contribution is 9.11. The lowest BCUT2D eigenvalue weighted by Crippen LogP contribution is -2.14. The van der Waals surface area contributed by atoms with Crippen LogP contribution in [0.5, 0.6) is 0 Å². The van der Waals surface area contributed by atoms with Crippen LogP contribution in [0.3, 0.4) is 0 Å². The minimum atomic E-state index is -0.131. The van der Waals surface area contributed by atoms with E-state index in [9.17, 15) is 4.79 Å². The Morgan fingerprint density at radius 2 is 1.60 bits per heavy atom. The van der Waals surface area contributed by atoms with Crippen LogP contribution in [-0.2, 0) is 0 Å². The standard InChI is InChI=1S/C15H12Br3NO/c1-8-6-12(17)14(13(18)7-8)19-15(20)10-4-3-5-11(16)9(10)2/h3-7H,1-2H3,(H,19,20). The number of halogens is 3. The predicted octanol–water partition coefficient (Wildman–Crippen LogP) is 5.84. The number of hydrogen-bond donors (Lipinski definition) is 1. The second-order valence-corrected chi connectivity index (χ2v) is 7.03. The topological polar surface area (TPSA) is 29.1 Å². The number of amides is 1. The molecule has 0 saturated carbocycles. The van der Waals surface area contributed by atoms with Gasteiger partial charge in [-0.1, -0.05) is 22.0 Å². The van der Waals surface area contributed by atoms with Gasteiger partial charge < -0.3 is 5.32 Å². The van der Waals surface area contributed by atoms with Crippen molar-refractivity contribution >= 4 is 59.4 Å². The Bertz CT molecular complexity index is 660. The zero-order valence-electron chi connectivity index (χ0n) is 10.9.